The Kier molecular flexibility index (Phi) is 5.16. The topological polar surface area (TPSA) is 106 Å². The van der Waals surface area contributed by atoms with E-state index < -0.39 is 0 Å². The summed E-state index contributed by atoms with van der Waals surface area (Å²) < 4.78 is 0. The number of fused-ring (bicyclic) bond motifs is 20. The molecule has 1 radical (unpaired) electrons. The quantitative estimate of drug-likeness (QED) is 0.217. The van der Waals surface area contributed by atoms with Gasteiger partial charge in [-0.05, 0) is 21.5 Å². The van der Waals surface area contributed by atoms with Crippen molar-refractivity contribution in [3.05, 3.63) is 97.1 Å². The molecule has 0 amide bonds. The molecule has 9 rings (SSSR count). The number of benzene rings is 4. The van der Waals surface area contributed by atoms with E-state index in [9.17, 15) is 0 Å². The molecule has 7 aromatic rings. The first-order chi connectivity index (χ1) is 19.8. The Hall–Kier alpha value is -5.18. The fourth-order valence-corrected chi connectivity index (χ4v) is 5.46. The molecule has 41 heavy (non-hydrogen) atoms. The van der Waals surface area contributed by atoms with Crippen molar-refractivity contribution in [1.29, 1.82) is 0 Å². The van der Waals surface area contributed by atoms with Crippen molar-refractivity contribution >= 4 is 44.1 Å². The summed E-state index contributed by atoms with van der Waals surface area (Å²) in [6.45, 7) is 0. The molecular formula is C32H16N8V. The Morgan fingerprint density at radius 1 is 0.317 bits per heavy atom. The molecule has 0 fully saturated rings. The monoisotopic (exact) mass is 563 g/mol. The van der Waals surface area contributed by atoms with Crippen molar-refractivity contribution in [2.45, 2.75) is 0 Å². The molecule has 3 aromatic heterocycles. The van der Waals surface area contributed by atoms with E-state index in [0.717, 1.165) is 43.8 Å². The van der Waals surface area contributed by atoms with Gasteiger partial charge in [0.15, 0.2) is 0 Å². The zero-order valence-corrected chi connectivity index (χ0v) is 22.7. The summed E-state index contributed by atoms with van der Waals surface area (Å²) in [4.78, 5) is 39.3. The van der Waals surface area contributed by atoms with Crippen LogP contribution in [0.2, 0.25) is 0 Å². The van der Waals surface area contributed by atoms with Crippen LogP contribution in [0.15, 0.2) is 97.1 Å². The molecule has 0 aliphatic carbocycles. The molecule has 8 bridgehead atoms. The fraction of sp³-hybridized carbons (Fsp3) is 0. The number of hydrogen-bond donors (Lipinski definition) is 0. The normalized spacial score (nSPS) is 11.7. The van der Waals surface area contributed by atoms with Crippen molar-refractivity contribution in [3.8, 4) is 45.6 Å². The Morgan fingerprint density at radius 3 is 0.829 bits per heavy atom. The van der Waals surface area contributed by atoms with Gasteiger partial charge in [0.2, 0.25) is 0 Å². The molecule has 0 saturated heterocycles. The summed E-state index contributed by atoms with van der Waals surface area (Å²) in [6, 6.07) is 31.8. The maximum absolute atomic E-state index is 4.95. The van der Waals surface area contributed by atoms with Gasteiger partial charge in [-0.25, -0.2) is 9.97 Å². The third-order valence-electron chi connectivity index (χ3n) is 7.33. The first kappa shape index (κ1) is 23.7. The van der Waals surface area contributed by atoms with Crippen LogP contribution < -0.4 is 9.97 Å². The van der Waals surface area contributed by atoms with E-state index in [1.807, 2.05) is 97.1 Å². The molecule has 0 N–H and O–H groups in total. The largest absolute Gasteiger partial charge is 2.00 e. The molecule has 5 heterocycles. The van der Waals surface area contributed by atoms with E-state index in [4.69, 9.17) is 39.9 Å². The first-order valence-electron chi connectivity index (χ1n) is 12.9. The minimum Gasteiger partial charge on any atom is -0.357 e. The third kappa shape index (κ3) is 3.55. The zero-order chi connectivity index (χ0) is 26.2. The van der Waals surface area contributed by atoms with Gasteiger partial charge in [0.25, 0.3) is 0 Å². The predicted octanol–water partition coefficient (Wildman–Crippen LogP) is 6.12. The Bertz CT molecular complexity index is 2030. The molecular weight excluding hydrogens is 547 g/mol. The summed E-state index contributed by atoms with van der Waals surface area (Å²) in [7, 11) is 0. The molecule has 2 aliphatic heterocycles. The summed E-state index contributed by atoms with van der Waals surface area (Å²) in [5.74, 6) is 2.21. The Balaban J connectivity index is 0.00000256. The van der Waals surface area contributed by atoms with E-state index in [-0.39, 0.29) is 18.6 Å². The van der Waals surface area contributed by atoms with Gasteiger partial charge in [-0.2, -0.15) is 0 Å². The number of hydrogen-bond acceptors (Lipinski definition) is 6. The van der Waals surface area contributed by atoms with Crippen molar-refractivity contribution < 1.29 is 18.6 Å². The summed E-state index contributed by atoms with van der Waals surface area (Å²) in [6.07, 6.45) is 0. The van der Waals surface area contributed by atoms with Gasteiger partial charge >= 0.3 is 18.6 Å². The standard InChI is InChI=1S/C32H16N8.V/c1-2-10-18-17(9-1)25-33-26(18)38-28-21-13-5-6-14-22(21)30(35-28)40-32-24-16-8-7-15-23(24)31(36-32)39-29-20-12-4-3-11-19(20)27(34-29)37-25;/h1-16H;/q-2;+2. The second-order valence-corrected chi connectivity index (χ2v) is 9.67. The average molecular weight is 563 g/mol. The van der Waals surface area contributed by atoms with Crippen LogP contribution in [-0.2, 0) is 18.6 Å². The van der Waals surface area contributed by atoms with Crippen LogP contribution in [-0.4, -0.2) is 29.9 Å². The van der Waals surface area contributed by atoms with Crippen LogP contribution in [0.25, 0.3) is 89.7 Å². The van der Waals surface area contributed by atoms with Crippen LogP contribution in [0.1, 0.15) is 0 Å². The van der Waals surface area contributed by atoms with Gasteiger partial charge in [0, 0.05) is 44.8 Å². The van der Waals surface area contributed by atoms with Crippen LogP contribution in [0.3, 0.4) is 0 Å². The second-order valence-electron chi connectivity index (χ2n) is 9.67. The second kappa shape index (κ2) is 8.92. The number of nitrogens with zero attached hydrogens (tertiary/aromatic N) is 8. The minimum atomic E-state index is 0. The molecule has 189 valence electrons. The van der Waals surface area contributed by atoms with Crippen molar-refractivity contribution in [2.24, 2.45) is 0 Å². The molecule has 0 unspecified atom stereocenters. The van der Waals surface area contributed by atoms with Crippen molar-refractivity contribution in [1.82, 2.24) is 39.9 Å². The maximum Gasteiger partial charge on any atom is 2.00 e. The smallest absolute Gasteiger partial charge is 0.357 e. The molecule has 9 heteroatoms. The molecule has 8 nitrogen and oxygen atoms in total. The molecule has 2 aliphatic rings. The molecule has 0 saturated carbocycles. The Morgan fingerprint density at radius 2 is 0.561 bits per heavy atom. The van der Waals surface area contributed by atoms with E-state index in [1.165, 1.54) is 0 Å². The van der Waals surface area contributed by atoms with Gasteiger partial charge in [-0.3, -0.25) is 0 Å². The van der Waals surface area contributed by atoms with E-state index in [0.29, 0.717) is 45.9 Å². The van der Waals surface area contributed by atoms with Crippen LogP contribution in [0.4, 0.5) is 0 Å². The third-order valence-corrected chi connectivity index (χ3v) is 7.33. The maximum atomic E-state index is 4.95. The fourth-order valence-electron chi connectivity index (χ4n) is 5.46. The SMILES string of the molecule is [V+2].c1ccc2c(c1)-c1nc-2nc2[n-]c(nc3nc(nc4[n-]c(n1)c1ccccc41)-c1ccccc1-3)c1ccccc21. The van der Waals surface area contributed by atoms with Gasteiger partial charge in [-0.1, -0.05) is 97.1 Å². The van der Waals surface area contributed by atoms with Gasteiger partial charge in [0.05, 0.1) is 23.3 Å². The minimum absolute atomic E-state index is 0. The van der Waals surface area contributed by atoms with E-state index in [2.05, 4.69) is 0 Å². The summed E-state index contributed by atoms with van der Waals surface area (Å²) in [5.41, 5.74) is 5.78. The molecule has 0 atom stereocenters. The number of aromatic nitrogens is 8. The average Bonchev–Trinajstić information content (AvgIpc) is 3.73. The number of rotatable bonds is 0. The zero-order valence-electron chi connectivity index (χ0n) is 21.3. The molecule has 4 aromatic carbocycles. The Labute approximate surface area is 244 Å². The first-order valence-corrected chi connectivity index (χ1v) is 12.9. The van der Waals surface area contributed by atoms with Crippen molar-refractivity contribution in [3.63, 3.8) is 0 Å². The van der Waals surface area contributed by atoms with E-state index in [1.54, 1.807) is 0 Å². The van der Waals surface area contributed by atoms with Crippen molar-refractivity contribution in [2.75, 3.05) is 0 Å². The summed E-state index contributed by atoms with van der Waals surface area (Å²) in [5, 5.41) is 3.57. The predicted molar refractivity (Wildman–Crippen MR) is 154 cm³/mol. The van der Waals surface area contributed by atoms with Crippen LogP contribution >= 0.6 is 0 Å². The van der Waals surface area contributed by atoms with Crippen LogP contribution in [0, 0.1) is 0 Å². The van der Waals surface area contributed by atoms with Crippen LogP contribution in [0.5, 0.6) is 0 Å². The summed E-state index contributed by atoms with van der Waals surface area (Å²) >= 11 is 0. The van der Waals surface area contributed by atoms with Gasteiger partial charge in [0.1, 0.15) is 0 Å². The van der Waals surface area contributed by atoms with Gasteiger partial charge in [-0.15, -0.1) is 0 Å². The molecule has 0 spiro atoms. The van der Waals surface area contributed by atoms with E-state index >= 15 is 0 Å². The van der Waals surface area contributed by atoms with Gasteiger partial charge < -0.3 is 29.9 Å².